The van der Waals surface area contributed by atoms with E-state index in [9.17, 15) is 0 Å². The van der Waals surface area contributed by atoms with Crippen LogP contribution in [0.2, 0.25) is 0 Å². The van der Waals surface area contributed by atoms with Gasteiger partial charge in [-0.15, -0.1) is 0 Å². The van der Waals surface area contributed by atoms with Gasteiger partial charge in [0.15, 0.2) is 0 Å². The van der Waals surface area contributed by atoms with Crippen LogP contribution < -0.4 is 9.80 Å². The first-order valence-corrected chi connectivity index (χ1v) is 12.9. The van der Waals surface area contributed by atoms with Gasteiger partial charge in [0.2, 0.25) is 0 Å². The van der Waals surface area contributed by atoms with E-state index in [4.69, 9.17) is 4.98 Å². The normalized spacial score (nSPS) is 11.1. The predicted molar refractivity (Wildman–Crippen MR) is 161 cm³/mol. The van der Waals surface area contributed by atoms with Crippen LogP contribution in [0.1, 0.15) is 0 Å². The summed E-state index contributed by atoms with van der Waals surface area (Å²) >= 11 is 0. The smallest absolute Gasteiger partial charge is 0.137 e. The maximum Gasteiger partial charge on any atom is 0.137 e. The molecular formula is C34H25N5. The van der Waals surface area contributed by atoms with E-state index in [0.29, 0.717) is 0 Å². The molecule has 0 aliphatic rings. The fraction of sp³-hybridized carbons (Fsp3) is 0. The van der Waals surface area contributed by atoms with Gasteiger partial charge in [0.05, 0.1) is 28.8 Å². The first-order valence-electron chi connectivity index (χ1n) is 12.9. The quantitative estimate of drug-likeness (QED) is 0.246. The van der Waals surface area contributed by atoms with Crippen molar-refractivity contribution < 1.29 is 0 Å². The van der Waals surface area contributed by atoms with Crippen LogP contribution in [0.3, 0.4) is 0 Å². The number of rotatable bonds is 6. The Kier molecular flexibility index (Phi) is 5.72. The van der Waals surface area contributed by atoms with Crippen molar-refractivity contribution in [2.75, 3.05) is 9.80 Å². The second-order valence-corrected chi connectivity index (χ2v) is 9.30. The van der Waals surface area contributed by atoms with Crippen molar-refractivity contribution in [3.05, 3.63) is 146 Å². The van der Waals surface area contributed by atoms with Gasteiger partial charge < -0.3 is 9.88 Å². The van der Waals surface area contributed by atoms with Crippen LogP contribution >= 0.6 is 0 Å². The van der Waals surface area contributed by atoms with Gasteiger partial charge in [0.1, 0.15) is 5.82 Å². The third-order valence-electron chi connectivity index (χ3n) is 6.89. The van der Waals surface area contributed by atoms with Gasteiger partial charge in [-0.05, 0) is 66.7 Å². The lowest BCUT2D eigenvalue weighted by Crippen LogP contribution is -2.14. The molecule has 0 saturated carbocycles. The van der Waals surface area contributed by atoms with E-state index in [1.165, 1.54) is 5.39 Å². The van der Waals surface area contributed by atoms with E-state index in [-0.39, 0.29) is 0 Å². The molecule has 5 nitrogen and oxygen atoms in total. The van der Waals surface area contributed by atoms with Gasteiger partial charge in [-0.1, -0.05) is 60.7 Å². The molecule has 0 aliphatic carbocycles. The molecule has 5 heteroatoms. The van der Waals surface area contributed by atoms with E-state index < -0.39 is 0 Å². The summed E-state index contributed by atoms with van der Waals surface area (Å²) in [6.07, 6.45) is 5.55. The van der Waals surface area contributed by atoms with Crippen LogP contribution in [-0.2, 0) is 0 Å². The predicted octanol–water partition coefficient (Wildman–Crippen LogP) is 9.05. The Morgan fingerprint density at radius 3 is 1.92 bits per heavy atom. The lowest BCUT2D eigenvalue weighted by molar-refractivity contribution is 1.18. The molecule has 39 heavy (non-hydrogen) atoms. The summed E-state index contributed by atoms with van der Waals surface area (Å²) in [4.78, 5) is 17.4. The highest BCUT2D eigenvalue weighted by atomic mass is 15.2. The second kappa shape index (κ2) is 9.80. The highest BCUT2D eigenvalue weighted by molar-refractivity contribution is 6.14. The minimum atomic E-state index is 0.849. The Morgan fingerprint density at radius 1 is 0.513 bits per heavy atom. The van der Waals surface area contributed by atoms with Crippen LogP contribution in [0.4, 0.5) is 34.3 Å². The summed E-state index contributed by atoms with van der Waals surface area (Å²) in [7, 11) is 0. The number of anilines is 6. The van der Waals surface area contributed by atoms with Crippen LogP contribution in [0.25, 0.3) is 21.8 Å². The summed E-state index contributed by atoms with van der Waals surface area (Å²) in [5.74, 6) is 0.849. The van der Waals surface area contributed by atoms with E-state index in [1.54, 1.807) is 6.20 Å². The number of H-pyrrole nitrogens is 1. The van der Waals surface area contributed by atoms with E-state index in [1.807, 2.05) is 48.8 Å². The fourth-order valence-corrected chi connectivity index (χ4v) is 5.19. The minimum absolute atomic E-state index is 0.849. The highest BCUT2D eigenvalue weighted by Crippen LogP contribution is 2.45. The van der Waals surface area contributed by atoms with Crippen LogP contribution in [0.5, 0.6) is 0 Å². The van der Waals surface area contributed by atoms with E-state index in [2.05, 4.69) is 111 Å². The average Bonchev–Trinajstić information content (AvgIpc) is 3.39. The molecule has 7 rings (SSSR count). The van der Waals surface area contributed by atoms with Crippen molar-refractivity contribution in [2.24, 2.45) is 0 Å². The van der Waals surface area contributed by atoms with E-state index >= 15 is 0 Å². The van der Waals surface area contributed by atoms with Gasteiger partial charge in [-0.3, -0.25) is 9.88 Å². The van der Waals surface area contributed by atoms with Gasteiger partial charge in [0, 0.05) is 40.1 Å². The fourth-order valence-electron chi connectivity index (χ4n) is 5.19. The molecule has 0 atom stereocenters. The zero-order chi connectivity index (χ0) is 26.0. The van der Waals surface area contributed by atoms with Crippen molar-refractivity contribution in [2.45, 2.75) is 0 Å². The van der Waals surface area contributed by atoms with Crippen LogP contribution in [0.15, 0.2) is 146 Å². The Balaban J connectivity index is 1.57. The summed E-state index contributed by atoms with van der Waals surface area (Å²) in [6.45, 7) is 0. The average molecular weight is 504 g/mol. The number of fused-ring (bicyclic) bond motifs is 3. The molecule has 0 fully saturated rings. The summed E-state index contributed by atoms with van der Waals surface area (Å²) in [5.41, 5.74) is 7.24. The molecule has 0 saturated heterocycles. The number of benzene rings is 4. The third-order valence-corrected chi connectivity index (χ3v) is 6.89. The summed E-state index contributed by atoms with van der Waals surface area (Å²) in [6, 6.07) is 43.8. The molecule has 0 bridgehead atoms. The maximum atomic E-state index is 4.75. The Bertz CT molecular complexity index is 1770. The first kappa shape index (κ1) is 22.8. The minimum Gasteiger partial charge on any atom is -0.353 e. The molecule has 3 aromatic heterocycles. The lowest BCUT2D eigenvalue weighted by Gasteiger charge is -2.29. The number of nitrogens with one attached hydrogen (secondary N) is 1. The molecule has 0 amide bonds. The van der Waals surface area contributed by atoms with Crippen molar-refractivity contribution in [3.63, 3.8) is 0 Å². The van der Waals surface area contributed by atoms with Gasteiger partial charge in [0.25, 0.3) is 0 Å². The number of para-hydroxylation sites is 3. The molecule has 0 radical (unpaired) electrons. The largest absolute Gasteiger partial charge is 0.353 e. The molecular weight excluding hydrogens is 478 g/mol. The number of nitrogens with zero attached hydrogens (tertiary/aromatic N) is 4. The second-order valence-electron chi connectivity index (χ2n) is 9.30. The van der Waals surface area contributed by atoms with Gasteiger partial charge in [-0.2, -0.15) is 0 Å². The van der Waals surface area contributed by atoms with Crippen molar-refractivity contribution in [1.82, 2.24) is 15.0 Å². The molecule has 7 aromatic rings. The van der Waals surface area contributed by atoms with Crippen LogP contribution in [0, 0.1) is 0 Å². The topological polar surface area (TPSA) is 48.0 Å². The molecule has 1 N–H and O–H groups in total. The lowest BCUT2D eigenvalue weighted by atomic mass is 10.1. The molecule has 0 unspecified atom stereocenters. The third kappa shape index (κ3) is 4.16. The molecule has 0 spiro atoms. The maximum absolute atomic E-state index is 4.75. The molecule has 186 valence electrons. The Labute approximate surface area is 226 Å². The van der Waals surface area contributed by atoms with Crippen molar-refractivity contribution in [3.8, 4) is 0 Å². The number of aromatic nitrogens is 3. The Hall–Kier alpha value is -5.42. The summed E-state index contributed by atoms with van der Waals surface area (Å²) < 4.78 is 0. The van der Waals surface area contributed by atoms with Crippen molar-refractivity contribution in [1.29, 1.82) is 0 Å². The zero-order valence-electron chi connectivity index (χ0n) is 21.1. The standard InChI is InChI=1S/C34H25N5/c1-3-12-25(13-4-1)38(27-16-11-20-35-24-27)32-23-28(22-30-29-17-7-8-18-31(29)37-34(30)32)39(26-14-5-2-6-15-26)33-19-9-10-21-36-33/h1-24,37H. The Morgan fingerprint density at radius 2 is 1.21 bits per heavy atom. The SMILES string of the molecule is c1ccc(N(c2cc(N(c3ccccc3)c3cccnc3)c3[nH]c4ccccc4c3c2)c2ccccn2)cc1. The first-order chi connectivity index (χ1) is 19.4. The number of hydrogen-bond acceptors (Lipinski definition) is 4. The number of aromatic amines is 1. The molecule has 0 aliphatic heterocycles. The molecule has 4 aromatic carbocycles. The number of pyridine rings is 2. The summed E-state index contributed by atoms with van der Waals surface area (Å²) in [5, 5.41) is 2.31. The van der Waals surface area contributed by atoms with Crippen LogP contribution in [-0.4, -0.2) is 15.0 Å². The molecule has 3 heterocycles. The zero-order valence-corrected chi connectivity index (χ0v) is 21.1. The van der Waals surface area contributed by atoms with Gasteiger partial charge in [-0.25, -0.2) is 4.98 Å². The van der Waals surface area contributed by atoms with Crippen molar-refractivity contribution >= 4 is 56.1 Å². The highest BCUT2D eigenvalue weighted by Gasteiger charge is 2.22. The number of hydrogen-bond donors (Lipinski definition) is 1. The van der Waals surface area contributed by atoms with E-state index in [0.717, 1.165) is 50.7 Å². The van der Waals surface area contributed by atoms with Gasteiger partial charge >= 0.3 is 0 Å². The monoisotopic (exact) mass is 503 g/mol.